The highest BCUT2D eigenvalue weighted by Crippen LogP contribution is 2.33. The molecule has 1 heterocycles. The summed E-state index contributed by atoms with van der Waals surface area (Å²) in [5.74, 6) is 0.192. The van der Waals surface area contributed by atoms with Gasteiger partial charge in [0.05, 0.1) is 5.56 Å². The zero-order chi connectivity index (χ0) is 20.1. The minimum absolute atomic E-state index is 0.165. The number of carbonyl (C=O) groups excluding carboxylic acids is 1. The van der Waals surface area contributed by atoms with Gasteiger partial charge in [-0.25, -0.2) is 0 Å². The molecule has 2 aromatic carbocycles. The molecule has 0 atom stereocenters. The van der Waals surface area contributed by atoms with Crippen LogP contribution in [0.2, 0.25) is 0 Å². The summed E-state index contributed by atoms with van der Waals surface area (Å²) in [6.07, 6.45) is -4.35. The van der Waals surface area contributed by atoms with Crippen molar-refractivity contribution in [2.24, 2.45) is 0 Å². The van der Waals surface area contributed by atoms with Gasteiger partial charge in [0.25, 0.3) is 0 Å². The fraction of sp³-hybridized carbons (Fsp3) is 0.167. The Kier molecular flexibility index (Phi) is 6.20. The molecule has 0 spiro atoms. The van der Waals surface area contributed by atoms with Crippen LogP contribution in [-0.4, -0.2) is 16.1 Å². The minimum atomic E-state index is -4.35. The van der Waals surface area contributed by atoms with Gasteiger partial charge < -0.3 is 10.6 Å². The number of amides is 1. The Balaban J connectivity index is 1.61. The Morgan fingerprint density at radius 1 is 1.11 bits per heavy atom. The van der Waals surface area contributed by atoms with Crippen LogP contribution in [0, 0.1) is 0 Å². The van der Waals surface area contributed by atoms with Gasteiger partial charge >= 0.3 is 6.18 Å². The number of benzene rings is 2. The standard InChI is InChI=1S/C18H15F3N4OS2/c1-11(26)22-14-6-3-7-15(9-14)23-16-24-25-17(28-16)27-10-12-4-2-5-13(8-12)18(19,20)21/h2-9H,10H2,1H3,(H,22,26)(H,23,24). The van der Waals surface area contributed by atoms with E-state index in [0.29, 0.717) is 26.5 Å². The molecule has 0 bridgehead atoms. The van der Waals surface area contributed by atoms with Gasteiger partial charge in [0.15, 0.2) is 4.34 Å². The Labute approximate surface area is 167 Å². The van der Waals surface area contributed by atoms with Crippen molar-refractivity contribution in [1.82, 2.24) is 10.2 Å². The van der Waals surface area contributed by atoms with E-state index in [2.05, 4.69) is 20.8 Å². The Morgan fingerprint density at radius 2 is 1.86 bits per heavy atom. The van der Waals surface area contributed by atoms with Crippen molar-refractivity contribution in [3.05, 3.63) is 59.7 Å². The number of nitrogens with zero attached hydrogens (tertiary/aromatic N) is 2. The van der Waals surface area contributed by atoms with Gasteiger partial charge in [-0.2, -0.15) is 13.2 Å². The van der Waals surface area contributed by atoms with Gasteiger partial charge in [-0.05, 0) is 29.8 Å². The highest BCUT2D eigenvalue weighted by atomic mass is 32.2. The first-order valence-corrected chi connectivity index (χ1v) is 9.87. The lowest BCUT2D eigenvalue weighted by atomic mass is 10.1. The monoisotopic (exact) mass is 424 g/mol. The molecule has 0 aliphatic rings. The lowest BCUT2D eigenvalue weighted by Crippen LogP contribution is -2.05. The first kappa shape index (κ1) is 20.2. The SMILES string of the molecule is CC(=O)Nc1cccc(Nc2nnc(SCc3cccc(C(F)(F)F)c3)s2)c1. The molecule has 0 saturated carbocycles. The molecule has 28 heavy (non-hydrogen) atoms. The van der Waals surface area contributed by atoms with E-state index in [4.69, 9.17) is 0 Å². The van der Waals surface area contributed by atoms with Crippen LogP contribution in [0.1, 0.15) is 18.1 Å². The number of rotatable bonds is 6. The first-order chi connectivity index (χ1) is 13.3. The highest BCUT2D eigenvalue weighted by Gasteiger charge is 2.30. The summed E-state index contributed by atoms with van der Waals surface area (Å²) in [5.41, 5.74) is 1.29. The number of thioether (sulfide) groups is 1. The van der Waals surface area contributed by atoms with Gasteiger partial charge in [-0.1, -0.05) is 47.4 Å². The van der Waals surface area contributed by atoms with Crippen LogP contribution >= 0.6 is 23.1 Å². The van der Waals surface area contributed by atoms with Crippen molar-refractivity contribution in [2.45, 2.75) is 23.2 Å². The molecule has 1 aromatic heterocycles. The third-order valence-electron chi connectivity index (χ3n) is 3.46. The maximum absolute atomic E-state index is 12.8. The minimum Gasteiger partial charge on any atom is -0.330 e. The van der Waals surface area contributed by atoms with E-state index in [1.165, 1.54) is 36.1 Å². The fourth-order valence-electron chi connectivity index (χ4n) is 2.30. The molecule has 0 saturated heterocycles. The van der Waals surface area contributed by atoms with Crippen LogP contribution in [0.25, 0.3) is 0 Å². The zero-order valence-electron chi connectivity index (χ0n) is 14.6. The van der Waals surface area contributed by atoms with Gasteiger partial charge in [0.1, 0.15) is 0 Å². The summed E-state index contributed by atoms with van der Waals surface area (Å²) in [6.45, 7) is 1.43. The zero-order valence-corrected chi connectivity index (χ0v) is 16.2. The summed E-state index contributed by atoms with van der Waals surface area (Å²) >= 11 is 2.61. The second-order valence-electron chi connectivity index (χ2n) is 5.75. The van der Waals surface area contributed by atoms with Gasteiger partial charge in [-0.15, -0.1) is 10.2 Å². The number of nitrogens with one attached hydrogen (secondary N) is 2. The molecule has 0 radical (unpaired) electrons. The Hall–Kier alpha value is -2.59. The summed E-state index contributed by atoms with van der Waals surface area (Å²) in [4.78, 5) is 11.1. The molecule has 2 N–H and O–H groups in total. The van der Waals surface area contributed by atoms with E-state index in [-0.39, 0.29) is 5.91 Å². The predicted octanol–water partition coefficient (Wildman–Crippen LogP) is 5.55. The molecule has 0 fully saturated rings. The molecule has 3 aromatic rings. The average molecular weight is 424 g/mol. The van der Waals surface area contributed by atoms with E-state index < -0.39 is 11.7 Å². The Morgan fingerprint density at radius 3 is 2.61 bits per heavy atom. The second-order valence-corrected chi connectivity index (χ2v) is 7.95. The van der Waals surface area contributed by atoms with Crippen molar-refractivity contribution in [3.63, 3.8) is 0 Å². The third-order valence-corrected chi connectivity index (χ3v) is 5.50. The molecule has 146 valence electrons. The maximum Gasteiger partial charge on any atom is 0.416 e. The number of hydrogen-bond donors (Lipinski definition) is 2. The van der Waals surface area contributed by atoms with Crippen LogP contribution in [0.4, 0.5) is 29.7 Å². The van der Waals surface area contributed by atoms with Crippen molar-refractivity contribution in [2.75, 3.05) is 10.6 Å². The number of hydrogen-bond acceptors (Lipinski definition) is 6. The van der Waals surface area contributed by atoms with E-state index in [1.54, 1.807) is 24.3 Å². The maximum atomic E-state index is 12.8. The molecule has 0 aliphatic heterocycles. The van der Waals surface area contributed by atoms with Crippen molar-refractivity contribution in [1.29, 1.82) is 0 Å². The van der Waals surface area contributed by atoms with Crippen LogP contribution in [0.3, 0.4) is 0 Å². The largest absolute Gasteiger partial charge is 0.416 e. The van der Waals surface area contributed by atoms with Crippen LogP contribution in [0.15, 0.2) is 52.9 Å². The summed E-state index contributed by atoms with van der Waals surface area (Å²) < 4.78 is 39.0. The molecule has 0 aliphatic carbocycles. The van der Waals surface area contributed by atoms with E-state index in [1.807, 2.05) is 6.07 Å². The quantitative estimate of drug-likeness (QED) is 0.508. The molecule has 1 amide bonds. The number of anilines is 3. The van der Waals surface area contributed by atoms with Gasteiger partial charge in [-0.3, -0.25) is 4.79 Å². The van der Waals surface area contributed by atoms with E-state index in [9.17, 15) is 18.0 Å². The number of carbonyl (C=O) groups is 1. The fourth-order valence-corrected chi connectivity index (χ4v) is 4.02. The molecule has 10 heteroatoms. The van der Waals surface area contributed by atoms with Crippen molar-refractivity contribution < 1.29 is 18.0 Å². The number of alkyl halides is 3. The molecule has 3 rings (SSSR count). The average Bonchev–Trinajstić information content (AvgIpc) is 3.07. The molecular formula is C18H15F3N4OS2. The first-order valence-electron chi connectivity index (χ1n) is 8.07. The number of aromatic nitrogens is 2. The van der Waals surface area contributed by atoms with Gasteiger partial charge in [0, 0.05) is 24.1 Å². The predicted molar refractivity (Wildman–Crippen MR) is 105 cm³/mol. The molecule has 0 unspecified atom stereocenters. The summed E-state index contributed by atoms with van der Waals surface area (Å²) in [5, 5.41) is 14.4. The summed E-state index contributed by atoms with van der Waals surface area (Å²) in [7, 11) is 0. The van der Waals surface area contributed by atoms with Crippen molar-refractivity contribution >= 4 is 45.5 Å². The normalized spacial score (nSPS) is 11.3. The molecular weight excluding hydrogens is 409 g/mol. The smallest absolute Gasteiger partial charge is 0.330 e. The molecule has 5 nitrogen and oxygen atoms in total. The third kappa shape index (κ3) is 5.70. The van der Waals surface area contributed by atoms with Crippen molar-refractivity contribution in [3.8, 4) is 0 Å². The van der Waals surface area contributed by atoms with Crippen LogP contribution in [0.5, 0.6) is 0 Å². The van der Waals surface area contributed by atoms with E-state index >= 15 is 0 Å². The second kappa shape index (κ2) is 8.61. The van der Waals surface area contributed by atoms with E-state index in [0.717, 1.165) is 17.8 Å². The lowest BCUT2D eigenvalue weighted by molar-refractivity contribution is -0.137. The van der Waals surface area contributed by atoms with Crippen LogP contribution < -0.4 is 10.6 Å². The highest BCUT2D eigenvalue weighted by molar-refractivity contribution is 8.00. The van der Waals surface area contributed by atoms with Gasteiger partial charge in [0.2, 0.25) is 11.0 Å². The van der Waals surface area contributed by atoms with Crippen LogP contribution in [-0.2, 0) is 16.7 Å². The number of halogens is 3. The Bertz CT molecular complexity index is 975. The lowest BCUT2D eigenvalue weighted by Gasteiger charge is -2.07. The topological polar surface area (TPSA) is 66.9 Å². The summed E-state index contributed by atoms with van der Waals surface area (Å²) in [6, 6.07) is 12.4.